The molecule has 0 unspecified atom stereocenters. The van der Waals surface area contributed by atoms with Crippen LogP contribution in [0.3, 0.4) is 0 Å². The van der Waals surface area contributed by atoms with Crippen molar-refractivity contribution >= 4 is 55.0 Å². The molecule has 30 heavy (non-hydrogen) atoms. The van der Waals surface area contributed by atoms with E-state index >= 15 is 0 Å². The Morgan fingerprint density at radius 3 is 1.93 bits per heavy atom. The molecular weight excluding hydrogens is 650 g/mol. The number of rotatable bonds is 5. The average Bonchev–Trinajstić information content (AvgIpc) is 2.72. The average molecular weight is 662 g/mol. The van der Waals surface area contributed by atoms with E-state index in [-0.39, 0.29) is 30.0 Å². The Morgan fingerprint density at radius 1 is 0.867 bits per heavy atom. The monoisotopic (exact) mass is 662 g/mol. The molecule has 0 saturated heterocycles. The highest BCUT2D eigenvalue weighted by Crippen LogP contribution is 2.37. The van der Waals surface area contributed by atoms with Crippen molar-refractivity contribution in [3.05, 3.63) is 65.9 Å². The molecule has 4 nitrogen and oxygen atoms in total. The third-order valence-electron chi connectivity index (χ3n) is 4.13. The Balaban J connectivity index is 2.28. The molecule has 0 aliphatic heterocycles. The number of hydrogen-bond donors (Lipinski definition) is 0. The van der Waals surface area contributed by atoms with E-state index < -0.39 is 27.7 Å². The zero-order valence-corrected chi connectivity index (χ0v) is 20.1. The predicted molar refractivity (Wildman–Crippen MR) is 122 cm³/mol. The van der Waals surface area contributed by atoms with Crippen LogP contribution in [-0.2, 0) is 20.4 Å². The molecule has 0 atom stereocenters. The van der Waals surface area contributed by atoms with Crippen LogP contribution in [0.4, 0.5) is 17.6 Å². The highest BCUT2D eigenvalue weighted by Gasteiger charge is 2.36. The van der Waals surface area contributed by atoms with Crippen LogP contribution in [0, 0.1) is 5.82 Å². The number of benzene rings is 2. The topological polar surface area (TPSA) is 59.9 Å². The van der Waals surface area contributed by atoms with E-state index in [2.05, 4.69) is 9.97 Å². The van der Waals surface area contributed by atoms with Gasteiger partial charge in [-0.1, -0.05) is 57.3 Å². The van der Waals surface area contributed by atoms with Gasteiger partial charge < -0.3 is 0 Å². The van der Waals surface area contributed by atoms with Gasteiger partial charge in [0.2, 0.25) is 5.82 Å². The fraction of sp³-hybridized carbons (Fsp3) is 0.158. The van der Waals surface area contributed by atoms with Crippen LogP contribution in [0.15, 0.2) is 53.4 Å². The van der Waals surface area contributed by atoms with E-state index in [0.29, 0.717) is 11.1 Å². The lowest BCUT2D eigenvalue weighted by molar-refractivity contribution is -0.145. The van der Waals surface area contributed by atoms with Crippen molar-refractivity contribution in [2.45, 2.75) is 15.5 Å². The van der Waals surface area contributed by atoms with Crippen LogP contribution in [0.2, 0.25) is 0 Å². The Kier molecular flexibility index (Phi) is 7.01. The standard InChI is InChI=1S/C19H12F4I2N2O2S/c20-13-5-1-12(2-6-13)17-16(15(9-24)26-18(27-17)19(21,22)23)11-3-7-14(8-4-11)30(28,29)10-25/h1-8H,9-10H2. The molecule has 0 bridgehead atoms. The van der Waals surface area contributed by atoms with Gasteiger partial charge in [0.05, 0.1) is 16.3 Å². The maximum atomic E-state index is 13.4. The van der Waals surface area contributed by atoms with Crippen molar-refractivity contribution in [1.82, 2.24) is 9.97 Å². The smallest absolute Gasteiger partial charge is 0.228 e. The van der Waals surface area contributed by atoms with E-state index in [1.54, 1.807) is 22.6 Å². The van der Waals surface area contributed by atoms with Crippen molar-refractivity contribution in [3.8, 4) is 22.4 Å². The molecule has 0 fully saturated rings. The summed E-state index contributed by atoms with van der Waals surface area (Å²) in [5.41, 5.74) is 1.22. The third-order valence-corrected chi connectivity index (χ3v) is 8.59. The summed E-state index contributed by atoms with van der Waals surface area (Å²) in [6.45, 7) is 0. The maximum Gasteiger partial charge on any atom is 0.451 e. The van der Waals surface area contributed by atoms with Crippen LogP contribution in [-0.4, -0.2) is 22.1 Å². The minimum absolute atomic E-state index is 0.00603. The zero-order chi connectivity index (χ0) is 22.1. The van der Waals surface area contributed by atoms with Gasteiger partial charge in [0.25, 0.3) is 0 Å². The molecule has 11 heteroatoms. The molecule has 0 N–H and O–H groups in total. The summed E-state index contributed by atoms with van der Waals surface area (Å²) >= 11 is 3.65. The second kappa shape index (κ2) is 9.02. The fourth-order valence-corrected chi connectivity index (χ4v) is 5.05. The quantitative estimate of drug-likeness (QED) is 0.189. The van der Waals surface area contributed by atoms with Gasteiger partial charge in [-0.2, -0.15) is 13.2 Å². The second-order valence-corrected chi connectivity index (χ2v) is 10.7. The van der Waals surface area contributed by atoms with Crippen LogP contribution in [0.25, 0.3) is 22.4 Å². The highest BCUT2D eigenvalue weighted by atomic mass is 127. The van der Waals surface area contributed by atoms with Crippen LogP contribution in [0.5, 0.6) is 0 Å². The Bertz CT molecular complexity index is 1170. The van der Waals surface area contributed by atoms with Gasteiger partial charge in [-0.25, -0.2) is 22.8 Å². The lowest BCUT2D eigenvalue weighted by Crippen LogP contribution is -2.14. The largest absolute Gasteiger partial charge is 0.451 e. The zero-order valence-electron chi connectivity index (χ0n) is 14.9. The minimum atomic E-state index is -4.76. The maximum absolute atomic E-state index is 13.4. The van der Waals surface area contributed by atoms with E-state index in [1.807, 2.05) is 22.6 Å². The van der Waals surface area contributed by atoms with Crippen molar-refractivity contribution < 1.29 is 26.0 Å². The third kappa shape index (κ3) is 4.93. The molecule has 3 aromatic rings. The van der Waals surface area contributed by atoms with E-state index in [0.717, 1.165) is 12.1 Å². The summed E-state index contributed by atoms with van der Waals surface area (Å²) in [5.74, 6) is -1.82. The minimum Gasteiger partial charge on any atom is -0.228 e. The van der Waals surface area contributed by atoms with Crippen molar-refractivity contribution in [3.63, 3.8) is 0 Å². The van der Waals surface area contributed by atoms with E-state index in [4.69, 9.17) is 0 Å². The summed E-state index contributed by atoms with van der Waals surface area (Å²) in [5, 5.41) is 0. The Labute approximate surface area is 197 Å². The molecule has 3 rings (SSSR count). The van der Waals surface area contributed by atoms with Crippen molar-refractivity contribution in [2.24, 2.45) is 0 Å². The first-order chi connectivity index (χ1) is 14.1. The molecule has 158 valence electrons. The molecule has 0 spiro atoms. The van der Waals surface area contributed by atoms with Gasteiger partial charge in [-0.15, -0.1) is 0 Å². The molecule has 1 aromatic heterocycles. The second-order valence-electron chi connectivity index (χ2n) is 6.10. The molecule has 0 radical (unpaired) electrons. The van der Waals surface area contributed by atoms with Gasteiger partial charge in [0.15, 0.2) is 9.84 Å². The summed E-state index contributed by atoms with van der Waals surface area (Å²) < 4.78 is 77.6. The van der Waals surface area contributed by atoms with Crippen LogP contribution in [0.1, 0.15) is 11.5 Å². The lowest BCUT2D eigenvalue weighted by Gasteiger charge is -2.16. The normalized spacial score (nSPS) is 12.2. The predicted octanol–water partition coefficient (Wildman–Crippen LogP) is 6.07. The number of sulfone groups is 1. The molecule has 0 aliphatic rings. The molecule has 0 saturated carbocycles. The van der Waals surface area contributed by atoms with Crippen molar-refractivity contribution in [2.75, 3.05) is 3.76 Å². The first kappa shape index (κ1) is 23.3. The van der Waals surface area contributed by atoms with E-state index in [1.165, 1.54) is 36.4 Å². The van der Waals surface area contributed by atoms with Gasteiger partial charge >= 0.3 is 6.18 Å². The first-order valence-corrected chi connectivity index (χ1v) is 13.0. The summed E-state index contributed by atoms with van der Waals surface area (Å²) in [6, 6.07) is 10.8. The Morgan fingerprint density at radius 2 is 1.43 bits per heavy atom. The van der Waals surface area contributed by atoms with Crippen LogP contribution < -0.4 is 0 Å². The number of hydrogen-bond acceptors (Lipinski definition) is 4. The first-order valence-electron chi connectivity index (χ1n) is 8.26. The molecule has 0 amide bonds. The van der Waals surface area contributed by atoms with Gasteiger partial charge in [0, 0.05) is 15.6 Å². The van der Waals surface area contributed by atoms with Gasteiger partial charge in [0.1, 0.15) is 9.58 Å². The van der Waals surface area contributed by atoms with Crippen molar-refractivity contribution in [1.29, 1.82) is 0 Å². The molecule has 0 aliphatic carbocycles. The number of aromatic nitrogens is 2. The van der Waals surface area contributed by atoms with Gasteiger partial charge in [-0.3, -0.25) is 0 Å². The van der Waals surface area contributed by atoms with Crippen LogP contribution >= 0.6 is 45.2 Å². The Hall–Kier alpha value is -1.35. The molecule has 1 heterocycles. The summed E-state index contributed by atoms with van der Waals surface area (Å²) in [4.78, 5) is 7.53. The fourth-order valence-electron chi connectivity index (χ4n) is 2.74. The molecular formula is C19H12F4I2N2O2S. The number of nitrogens with zero attached hydrogens (tertiary/aromatic N) is 2. The SMILES string of the molecule is O=S(=O)(CI)c1ccc(-c2c(CI)nc(C(F)(F)F)nc2-c2ccc(F)cc2)cc1. The lowest BCUT2D eigenvalue weighted by atomic mass is 9.98. The molecule has 2 aromatic carbocycles. The number of halogens is 6. The highest BCUT2D eigenvalue weighted by molar-refractivity contribution is 14.1. The summed E-state index contributed by atoms with van der Waals surface area (Å²) in [6.07, 6.45) is -4.76. The summed E-state index contributed by atoms with van der Waals surface area (Å²) in [7, 11) is -3.44. The van der Waals surface area contributed by atoms with E-state index in [9.17, 15) is 26.0 Å². The number of alkyl halides is 5. The van der Waals surface area contributed by atoms with Gasteiger partial charge in [-0.05, 0) is 42.0 Å².